The smallest absolute Gasteiger partial charge is 0.327 e. The monoisotopic (exact) mass is 521 g/mol. The molecule has 0 bridgehead atoms. The van der Waals surface area contributed by atoms with E-state index in [1.165, 1.54) is 24.2 Å². The molecule has 5 nitrogen and oxygen atoms in total. The van der Waals surface area contributed by atoms with Gasteiger partial charge in [0.05, 0.1) is 5.92 Å². The number of carbonyl (C=O) groups excluding carboxylic acids is 2. The molecular weight excluding hydrogens is 490 g/mol. The third-order valence-electron chi connectivity index (χ3n) is 5.69. The largest absolute Gasteiger partial charge is 0.480 e. The van der Waals surface area contributed by atoms with E-state index in [0.717, 1.165) is 34.0 Å². The van der Waals surface area contributed by atoms with Gasteiger partial charge in [-0.1, -0.05) is 96.2 Å². The van der Waals surface area contributed by atoms with Gasteiger partial charge in [0.15, 0.2) is 5.12 Å². The number of amides is 1. The molecule has 36 heavy (non-hydrogen) atoms. The fraction of sp³-hybridized carbons (Fsp3) is 0.276. The van der Waals surface area contributed by atoms with E-state index in [4.69, 9.17) is 0 Å². The summed E-state index contributed by atoms with van der Waals surface area (Å²) in [7, 11) is 0. The van der Waals surface area contributed by atoms with E-state index in [1.54, 1.807) is 0 Å². The van der Waals surface area contributed by atoms with Crippen molar-refractivity contribution in [2.75, 3.05) is 11.5 Å². The first kappa shape index (κ1) is 27.6. The highest BCUT2D eigenvalue weighted by Crippen LogP contribution is 2.22. The Morgan fingerprint density at radius 3 is 2.06 bits per heavy atom. The van der Waals surface area contributed by atoms with Crippen LogP contribution in [0, 0.1) is 12.8 Å². The molecule has 0 aliphatic carbocycles. The average molecular weight is 522 g/mol. The van der Waals surface area contributed by atoms with Gasteiger partial charge in [-0.15, -0.1) is 0 Å². The molecule has 0 saturated heterocycles. The number of thioether (sulfide) groups is 2. The molecule has 0 aromatic heterocycles. The Morgan fingerprint density at radius 2 is 1.44 bits per heavy atom. The molecule has 0 fully saturated rings. The van der Waals surface area contributed by atoms with E-state index in [9.17, 15) is 19.5 Å². The van der Waals surface area contributed by atoms with Gasteiger partial charge in [-0.25, -0.2) is 4.79 Å². The van der Waals surface area contributed by atoms with Crippen LogP contribution in [0.25, 0.3) is 11.1 Å². The molecule has 188 valence electrons. The molecule has 3 aromatic rings. The number of hydrogen-bond acceptors (Lipinski definition) is 5. The number of carboxylic acids is 1. The summed E-state index contributed by atoms with van der Waals surface area (Å²) in [4.78, 5) is 36.6. The van der Waals surface area contributed by atoms with Crippen LogP contribution in [0.3, 0.4) is 0 Å². The molecule has 0 radical (unpaired) electrons. The zero-order valence-electron chi connectivity index (χ0n) is 20.5. The second-order valence-electron chi connectivity index (χ2n) is 8.67. The van der Waals surface area contributed by atoms with Crippen molar-refractivity contribution in [2.24, 2.45) is 5.92 Å². The van der Waals surface area contributed by atoms with E-state index in [-0.39, 0.29) is 16.8 Å². The third-order valence-corrected chi connectivity index (χ3v) is 7.77. The minimum atomic E-state index is -1.06. The third kappa shape index (κ3) is 8.88. The van der Waals surface area contributed by atoms with Gasteiger partial charge in [0.1, 0.15) is 6.04 Å². The lowest BCUT2D eigenvalue weighted by molar-refractivity contribution is -0.141. The maximum absolute atomic E-state index is 13.1. The summed E-state index contributed by atoms with van der Waals surface area (Å²) in [5.41, 5.74) is 5.42. The molecule has 0 heterocycles. The van der Waals surface area contributed by atoms with E-state index in [0.29, 0.717) is 17.9 Å². The summed E-state index contributed by atoms with van der Waals surface area (Å²) in [6.45, 7) is 3.49. The second-order valence-corrected chi connectivity index (χ2v) is 10.9. The van der Waals surface area contributed by atoms with Gasteiger partial charge in [-0.05, 0) is 35.6 Å². The quantitative estimate of drug-likeness (QED) is 0.323. The Morgan fingerprint density at radius 1 is 0.833 bits per heavy atom. The molecule has 0 aliphatic heterocycles. The summed E-state index contributed by atoms with van der Waals surface area (Å²) in [6.07, 6.45) is 0.421. The number of nitrogens with one attached hydrogen (secondary N) is 1. The second kappa shape index (κ2) is 13.9. The van der Waals surface area contributed by atoms with Crippen molar-refractivity contribution in [3.05, 3.63) is 95.6 Å². The molecule has 2 N–H and O–H groups in total. The molecule has 3 aromatic carbocycles. The van der Waals surface area contributed by atoms with Gasteiger partial charge in [-0.2, -0.15) is 11.8 Å². The van der Waals surface area contributed by atoms with E-state index in [1.807, 2.05) is 85.8 Å². The topological polar surface area (TPSA) is 83.5 Å². The molecule has 0 saturated carbocycles. The van der Waals surface area contributed by atoms with Gasteiger partial charge in [0, 0.05) is 24.2 Å². The van der Waals surface area contributed by atoms with E-state index < -0.39 is 17.9 Å². The highest BCUT2D eigenvalue weighted by molar-refractivity contribution is 8.13. The molecule has 1 unspecified atom stereocenters. The van der Waals surface area contributed by atoms with E-state index >= 15 is 0 Å². The van der Waals surface area contributed by atoms with Crippen LogP contribution >= 0.6 is 23.5 Å². The van der Waals surface area contributed by atoms with Gasteiger partial charge >= 0.3 is 5.97 Å². The number of rotatable bonds is 12. The van der Waals surface area contributed by atoms with Crippen molar-refractivity contribution in [3.63, 3.8) is 0 Å². The van der Waals surface area contributed by atoms with Crippen molar-refractivity contribution in [1.29, 1.82) is 0 Å². The predicted octanol–water partition coefficient (Wildman–Crippen LogP) is 5.60. The maximum Gasteiger partial charge on any atom is 0.327 e. The molecule has 3 rings (SSSR count). The van der Waals surface area contributed by atoms with Crippen LogP contribution in [0.1, 0.15) is 23.6 Å². The minimum absolute atomic E-state index is 0.0735. The Balaban J connectivity index is 1.63. The minimum Gasteiger partial charge on any atom is -0.480 e. The zero-order valence-corrected chi connectivity index (χ0v) is 22.1. The fourth-order valence-electron chi connectivity index (χ4n) is 3.64. The highest BCUT2D eigenvalue weighted by Gasteiger charge is 2.26. The first-order valence-corrected chi connectivity index (χ1v) is 13.9. The lowest BCUT2D eigenvalue weighted by Crippen LogP contribution is -2.46. The summed E-state index contributed by atoms with van der Waals surface area (Å²) < 4.78 is 0. The number of benzene rings is 3. The molecule has 1 amide bonds. The molecule has 2 atom stereocenters. The lowest BCUT2D eigenvalue weighted by atomic mass is 9.97. The summed E-state index contributed by atoms with van der Waals surface area (Å²) in [5, 5.41) is 12.3. The average Bonchev–Trinajstić information content (AvgIpc) is 2.87. The van der Waals surface area contributed by atoms with Crippen LogP contribution in [-0.2, 0) is 26.6 Å². The molecule has 7 heteroatoms. The predicted molar refractivity (Wildman–Crippen MR) is 149 cm³/mol. The summed E-state index contributed by atoms with van der Waals surface area (Å²) >= 11 is 2.56. The lowest BCUT2D eigenvalue weighted by Gasteiger charge is -2.20. The highest BCUT2D eigenvalue weighted by atomic mass is 32.2. The number of aliphatic carboxylic acids is 1. The number of aryl methyl sites for hydroxylation is 1. The standard InChI is InChI=1S/C29H31NO4S2/c1-20-8-10-23(11-9-20)17-35-19-27(29(33)34)30-28(32)26(18-36-21(2)31)16-22-12-14-25(15-13-22)24-6-4-3-5-7-24/h3-15,26-27H,16-19H2,1-2H3,(H,30,32)(H,33,34)/t26?,27-/m0/s1. The van der Waals surface area contributed by atoms with E-state index in [2.05, 4.69) is 5.32 Å². The SMILES string of the molecule is CC(=O)SCC(Cc1ccc(-c2ccccc2)cc1)C(=O)N[C@@H](CSCc1ccc(C)cc1)C(=O)O. The summed E-state index contributed by atoms with van der Waals surface area (Å²) in [5.74, 6) is -0.718. The van der Waals surface area contributed by atoms with Gasteiger partial charge in [-0.3, -0.25) is 9.59 Å². The van der Waals surface area contributed by atoms with Crippen LogP contribution in [0.4, 0.5) is 0 Å². The Kier molecular flexibility index (Phi) is 10.6. The van der Waals surface area contributed by atoms with Crippen molar-refractivity contribution in [3.8, 4) is 11.1 Å². The van der Waals surface area contributed by atoms with Crippen molar-refractivity contribution in [2.45, 2.75) is 32.1 Å². The van der Waals surface area contributed by atoms with Gasteiger partial charge in [0.25, 0.3) is 0 Å². The van der Waals surface area contributed by atoms with Crippen LogP contribution in [0.5, 0.6) is 0 Å². The molecule has 0 aliphatic rings. The Bertz CT molecular complexity index is 1150. The van der Waals surface area contributed by atoms with Crippen molar-refractivity contribution in [1.82, 2.24) is 5.32 Å². The first-order chi connectivity index (χ1) is 17.3. The summed E-state index contributed by atoms with van der Waals surface area (Å²) in [6, 6.07) is 25.1. The van der Waals surface area contributed by atoms with Crippen molar-refractivity contribution < 1.29 is 19.5 Å². The number of carbonyl (C=O) groups is 3. The van der Waals surface area contributed by atoms with Gasteiger partial charge < -0.3 is 10.4 Å². The van der Waals surface area contributed by atoms with Gasteiger partial charge in [0.2, 0.25) is 5.91 Å². The Hall–Kier alpha value is -3.03. The number of hydrogen-bond donors (Lipinski definition) is 2. The maximum atomic E-state index is 13.1. The van der Waals surface area contributed by atoms with Crippen molar-refractivity contribution >= 4 is 40.5 Å². The fourth-order valence-corrected chi connectivity index (χ4v) is 5.35. The van der Waals surface area contributed by atoms with Crippen LogP contribution in [0.2, 0.25) is 0 Å². The molecular formula is C29H31NO4S2. The molecule has 0 spiro atoms. The van der Waals surface area contributed by atoms with Crippen LogP contribution < -0.4 is 5.32 Å². The zero-order chi connectivity index (χ0) is 25.9. The Labute approximate surface area is 221 Å². The van der Waals surface area contributed by atoms with Crippen LogP contribution in [0.15, 0.2) is 78.9 Å². The first-order valence-electron chi connectivity index (χ1n) is 11.8. The number of carboxylic acid groups (broad SMARTS) is 1. The van der Waals surface area contributed by atoms with Crippen LogP contribution in [-0.4, -0.2) is 39.6 Å². The normalized spacial score (nSPS) is 12.5.